The second kappa shape index (κ2) is 7.35. The van der Waals surface area contributed by atoms with Crippen LogP contribution in [-0.4, -0.2) is 47.2 Å². The summed E-state index contributed by atoms with van der Waals surface area (Å²) in [6.45, 7) is 5.32. The smallest absolute Gasteiger partial charge is 0.262 e. The largest absolute Gasteiger partial charge is 0.378 e. The lowest BCUT2D eigenvalue weighted by Gasteiger charge is -2.28. The number of morpholine rings is 1. The average molecular weight is 369 g/mol. The average Bonchev–Trinajstić information content (AvgIpc) is 3.04. The fraction of sp³-hybridized carbons (Fsp3) is 0.333. The van der Waals surface area contributed by atoms with E-state index < -0.39 is 0 Å². The summed E-state index contributed by atoms with van der Waals surface area (Å²) in [6, 6.07) is 5.65. The third kappa shape index (κ3) is 3.25. The van der Waals surface area contributed by atoms with Gasteiger partial charge in [0.2, 0.25) is 0 Å². The molecule has 0 unspecified atom stereocenters. The van der Waals surface area contributed by atoms with Gasteiger partial charge in [-0.3, -0.25) is 9.78 Å². The molecule has 3 aromatic rings. The first-order valence-corrected chi connectivity index (χ1v) is 9.30. The van der Waals surface area contributed by atoms with Gasteiger partial charge in [0.25, 0.3) is 5.91 Å². The molecule has 0 spiro atoms. The Kier molecular flexibility index (Phi) is 4.77. The Balaban J connectivity index is 1.61. The molecule has 3 aromatic heterocycles. The summed E-state index contributed by atoms with van der Waals surface area (Å²) in [5.74, 6) is 0.778. The molecule has 1 aliphatic rings. The van der Waals surface area contributed by atoms with Crippen molar-refractivity contribution >= 4 is 33.3 Å². The van der Waals surface area contributed by atoms with Crippen LogP contribution in [0.25, 0.3) is 10.2 Å². The van der Waals surface area contributed by atoms with E-state index in [1.54, 1.807) is 12.5 Å². The second-order valence-corrected chi connectivity index (χ2v) is 7.04. The first-order valence-electron chi connectivity index (χ1n) is 8.49. The number of ether oxygens (including phenoxy) is 1. The summed E-state index contributed by atoms with van der Waals surface area (Å²) in [7, 11) is 0. The van der Waals surface area contributed by atoms with E-state index in [4.69, 9.17) is 4.74 Å². The van der Waals surface area contributed by atoms with E-state index >= 15 is 0 Å². The van der Waals surface area contributed by atoms with Crippen LogP contribution in [-0.2, 0) is 11.3 Å². The normalized spacial score (nSPS) is 14.6. The Labute approximate surface area is 155 Å². The summed E-state index contributed by atoms with van der Waals surface area (Å²) in [6.07, 6.45) is 3.29. The van der Waals surface area contributed by atoms with Crippen molar-refractivity contribution in [3.8, 4) is 0 Å². The van der Waals surface area contributed by atoms with E-state index in [1.807, 2.05) is 25.1 Å². The number of aryl methyl sites for hydroxylation is 1. The van der Waals surface area contributed by atoms with Crippen molar-refractivity contribution in [1.29, 1.82) is 0 Å². The number of carbonyl (C=O) groups is 1. The quantitative estimate of drug-likeness (QED) is 0.759. The molecule has 1 fully saturated rings. The highest BCUT2D eigenvalue weighted by Gasteiger charge is 2.22. The van der Waals surface area contributed by atoms with Gasteiger partial charge in [0.05, 0.1) is 35.7 Å². The van der Waals surface area contributed by atoms with Crippen LogP contribution in [0.4, 0.5) is 5.82 Å². The zero-order valence-corrected chi connectivity index (χ0v) is 15.3. The van der Waals surface area contributed by atoms with E-state index in [1.165, 1.54) is 11.3 Å². The number of fused-ring (bicyclic) bond motifs is 1. The highest BCUT2D eigenvalue weighted by Crippen LogP contribution is 2.35. The number of nitrogens with one attached hydrogen (secondary N) is 1. The molecule has 0 radical (unpaired) electrons. The highest BCUT2D eigenvalue weighted by molar-refractivity contribution is 7.20. The Bertz CT molecular complexity index is 922. The van der Waals surface area contributed by atoms with E-state index in [-0.39, 0.29) is 5.91 Å². The second-order valence-electron chi connectivity index (χ2n) is 6.04. The molecule has 1 saturated heterocycles. The van der Waals surface area contributed by atoms with Crippen LogP contribution >= 0.6 is 11.3 Å². The highest BCUT2D eigenvalue weighted by atomic mass is 32.1. The van der Waals surface area contributed by atoms with Crippen LogP contribution in [0.2, 0.25) is 0 Å². The van der Waals surface area contributed by atoms with Gasteiger partial charge in [0, 0.05) is 19.3 Å². The number of amides is 1. The first kappa shape index (κ1) is 16.9. The number of thiophene rings is 1. The van der Waals surface area contributed by atoms with Crippen LogP contribution in [0, 0.1) is 6.92 Å². The van der Waals surface area contributed by atoms with Crippen LogP contribution in [0.1, 0.15) is 20.9 Å². The molecule has 1 aliphatic heterocycles. The molecule has 4 rings (SSSR count). The van der Waals surface area contributed by atoms with E-state index in [9.17, 15) is 4.79 Å². The van der Waals surface area contributed by atoms with Crippen molar-refractivity contribution in [3.05, 3.63) is 46.9 Å². The van der Waals surface area contributed by atoms with Gasteiger partial charge in [0.15, 0.2) is 0 Å². The predicted molar refractivity (Wildman–Crippen MR) is 101 cm³/mol. The van der Waals surface area contributed by atoms with Crippen molar-refractivity contribution in [1.82, 2.24) is 20.3 Å². The third-order valence-corrected chi connectivity index (χ3v) is 5.58. The number of nitrogens with zero attached hydrogens (tertiary/aromatic N) is 4. The van der Waals surface area contributed by atoms with E-state index in [0.29, 0.717) is 24.6 Å². The van der Waals surface area contributed by atoms with Crippen molar-refractivity contribution in [3.63, 3.8) is 0 Å². The van der Waals surface area contributed by atoms with Crippen LogP contribution in [0.3, 0.4) is 0 Å². The van der Waals surface area contributed by atoms with Gasteiger partial charge in [0.1, 0.15) is 17.0 Å². The third-order valence-electron chi connectivity index (χ3n) is 4.38. The van der Waals surface area contributed by atoms with Crippen LogP contribution in [0.15, 0.2) is 30.7 Å². The molecule has 134 valence electrons. The minimum atomic E-state index is -0.107. The maximum Gasteiger partial charge on any atom is 0.262 e. The van der Waals surface area contributed by atoms with E-state index in [0.717, 1.165) is 40.4 Å². The van der Waals surface area contributed by atoms with Gasteiger partial charge in [-0.25, -0.2) is 9.97 Å². The zero-order chi connectivity index (χ0) is 17.9. The number of carbonyl (C=O) groups excluding carboxylic acids is 1. The van der Waals surface area contributed by atoms with E-state index in [2.05, 4.69) is 25.2 Å². The summed E-state index contributed by atoms with van der Waals surface area (Å²) in [5.41, 5.74) is 1.75. The molecular formula is C18H19N5O2S. The van der Waals surface area contributed by atoms with Crippen molar-refractivity contribution in [2.24, 2.45) is 0 Å². The Hall–Kier alpha value is -2.58. The minimum absolute atomic E-state index is 0.107. The molecule has 0 aromatic carbocycles. The number of anilines is 1. The van der Waals surface area contributed by atoms with Crippen LogP contribution in [0.5, 0.6) is 0 Å². The molecule has 7 nitrogen and oxygen atoms in total. The lowest BCUT2D eigenvalue weighted by molar-refractivity contribution is 0.0954. The molecule has 0 saturated carbocycles. The Morgan fingerprint density at radius 1 is 1.27 bits per heavy atom. The molecular weight excluding hydrogens is 350 g/mol. The van der Waals surface area contributed by atoms with Gasteiger partial charge >= 0.3 is 0 Å². The number of hydrogen-bond acceptors (Lipinski definition) is 7. The first-order chi connectivity index (χ1) is 12.7. The summed E-state index contributed by atoms with van der Waals surface area (Å²) < 4.78 is 5.43. The predicted octanol–water partition coefficient (Wildman–Crippen LogP) is 2.16. The SMILES string of the molecule is Cc1c(C(=O)NCc2ccccn2)sc2ncnc(N3CCOCC3)c12. The number of aromatic nitrogens is 3. The fourth-order valence-corrected chi connectivity index (χ4v) is 4.10. The minimum Gasteiger partial charge on any atom is -0.378 e. The maximum atomic E-state index is 12.7. The molecule has 1 N–H and O–H groups in total. The van der Waals surface area contributed by atoms with Gasteiger partial charge in [-0.1, -0.05) is 6.07 Å². The molecule has 0 bridgehead atoms. The molecule has 0 atom stereocenters. The molecule has 4 heterocycles. The lowest BCUT2D eigenvalue weighted by Crippen LogP contribution is -2.36. The van der Waals surface area contributed by atoms with Crippen LogP contribution < -0.4 is 10.2 Å². The monoisotopic (exact) mass is 369 g/mol. The van der Waals surface area contributed by atoms with Gasteiger partial charge in [-0.15, -0.1) is 11.3 Å². The van der Waals surface area contributed by atoms with Crippen molar-refractivity contribution < 1.29 is 9.53 Å². The number of pyridine rings is 1. The Morgan fingerprint density at radius 3 is 2.88 bits per heavy atom. The van der Waals surface area contributed by atoms with Crippen molar-refractivity contribution in [2.45, 2.75) is 13.5 Å². The zero-order valence-electron chi connectivity index (χ0n) is 14.4. The molecule has 1 amide bonds. The van der Waals surface area contributed by atoms with Crippen molar-refractivity contribution in [2.75, 3.05) is 31.2 Å². The molecule has 8 heteroatoms. The maximum absolute atomic E-state index is 12.7. The summed E-state index contributed by atoms with van der Waals surface area (Å²) >= 11 is 1.40. The molecule has 0 aliphatic carbocycles. The fourth-order valence-electron chi connectivity index (χ4n) is 3.04. The van der Waals surface area contributed by atoms with Gasteiger partial charge in [-0.2, -0.15) is 0 Å². The number of hydrogen-bond donors (Lipinski definition) is 1. The van der Waals surface area contributed by atoms with Gasteiger partial charge in [-0.05, 0) is 24.6 Å². The molecule has 26 heavy (non-hydrogen) atoms. The lowest BCUT2D eigenvalue weighted by atomic mass is 10.2. The van der Waals surface area contributed by atoms with Gasteiger partial charge < -0.3 is 15.0 Å². The summed E-state index contributed by atoms with van der Waals surface area (Å²) in [5, 5.41) is 3.90. The topological polar surface area (TPSA) is 80.2 Å². The Morgan fingerprint density at radius 2 is 2.12 bits per heavy atom. The standard InChI is InChI=1S/C18H19N5O2S/c1-12-14-16(23-6-8-25-9-7-23)21-11-22-18(14)26-15(12)17(24)20-10-13-4-2-3-5-19-13/h2-5,11H,6-10H2,1H3,(H,20,24). The summed E-state index contributed by atoms with van der Waals surface area (Å²) in [4.78, 5) is 29.5. The number of rotatable bonds is 4.